The third kappa shape index (κ3) is 39.5. The SMILES string of the molecule is CC[C@H](C)[C@H](NC(=O)[C@@H]1CCCN1C(=O)[C@H](CC(=O)O)NC(=O)[C@H](CO)NC(=O)[C@H](CC(=O)O)NC(=O)[C@H](Cc1ccccc1)NC(=O)[C@H](CC(C)C)NC(=O)[C@@H](N)CCCCN)C(=O)N[C@H](C(=O)N[C@H](C(=O)N1CCC[C@H]1C(=O)N[C@H](C(=O)N[C@@H](CCC(=O)O)C(=O)N[C@H](C(=O)N[C@@H](CO)C(=O)N[C@@H](CCCN=C(N)N)C(=O)N[C@@H](CCCCN)C(=O)O)C(C)C)C(C)C)C(C)C)[C@@H](C)O. The minimum Gasteiger partial charge on any atom is -0.481 e. The van der Waals surface area contributed by atoms with E-state index in [1.54, 1.807) is 51.1 Å². The van der Waals surface area contributed by atoms with Gasteiger partial charge in [-0.2, -0.15) is 0 Å². The maximum Gasteiger partial charge on any atom is 0.326 e. The van der Waals surface area contributed by atoms with E-state index in [1.165, 1.54) is 48.5 Å². The minimum atomic E-state index is -2.10. The Morgan fingerprint density at radius 1 is 0.412 bits per heavy atom. The van der Waals surface area contributed by atoms with E-state index in [2.05, 4.69) is 79.4 Å². The lowest BCUT2D eigenvalue weighted by atomic mass is 9.96. The molecule has 2 aliphatic rings. The zero-order chi connectivity index (χ0) is 103. The summed E-state index contributed by atoms with van der Waals surface area (Å²) in [4.78, 5) is 282. The standard InChI is InChI=1S/C87H144N22O27/c1-12-47(10)68(106-79(128)60-28-21-35-108(60)84(133)57(40-64(117)118)100-77(126)58(41-110)101-75(124)56(39-63(115)116)99-74(123)55(38-49-23-14-13-15-24-49)98-73(122)54(37-43(2)3)97-70(119)50(90)25-16-18-32-88)82(131)107-69(48(11)112)83(132)105-67(46(8)9)85(134)109-36-22-29-61(109)78(127)104-66(45(6)7)80(129)95-52(30-31-62(113)114)72(121)103-65(44(4)5)81(130)102-59(42-111)76(125)94-51(27-20-34-93-87(91)92)71(120)96-53(86(135)136)26-17-19-33-89/h13-15,23-24,43-48,50-61,65-69,110-112H,12,16-22,25-42,88-90H2,1-11H3,(H,94,125)(H,95,129)(H,96,120)(H,97,119)(H,98,122)(H,99,123)(H,100,126)(H,101,124)(H,102,130)(H,103,121)(H,104,127)(H,105,132)(H,106,128)(H,107,131)(H,113,114)(H,115,116)(H,117,118)(H,135,136)(H4,91,92,93)/t47-,48+,50-,51-,52-,53-,54-,55-,56-,57-,58-,59-,60-,61-,65-,66-,67-,68-,69-/m0/s1. The highest BCUT2D eigenvalue weighted by molar-refractivity contribution is 6.03. The Bertz CT molecular complexity index is 4250. The summed E-state index contributed by atoms with van der Waals surface area (Å²) in [6.07, 6.45) is -3.17. The van der Waals surface area contributed by atoms with Gasteiger partial charge in [0.15, 0.2) is 5.96 Å². The topological polar surface area (TPSA) is 800 Å². The Morgan fingerprint density at radius 2 is 0.801 bits per heavy atom. The van der Waals surface area contributed by atoms with Crippen LogP contribution >= 0.6 is 0 Å². The number of carboxylic acid groups (broad SMARTS) is 4. The first-order valence-electron chi connectivity index (χ1n) is 45.9. The Balaban J connectivity index is 1.84. The highest BCUT2D eigenvalue weighted by Crippen LogP contribution is 2.25. The normalized spacial score (nSPS) is 17.3. The fraction of sp³-hybridized carbons (Fsp3) is 0.690. The molecule has 136 heavy (non-hydrogen) atoms. The number of hydrogen-bond donors (Lipinski definition) is 26. The summed E-state index contributed by atoms with van der Waals surface area (Å²) < 4.78 is 0. The first kappa shape index (κ1) is 118. The summed E-state index contributed by atoms with van der Waals surface area (Å²) in [5, 5.41) is 106. The van der Waals surface area contributed by atoms with Crippen molar-refractivity contribution in [3.63, 3.8) is 0 Å². The van der Waals surface area contributed by atoms with Crippen LogP contribution in [0, 0.1) is 29.6 Å². The number of nitrogens with two attached hydrogens (primary N) is 5. The highest BCUT2D eigenvalue weighted by atomic mass is 16.4. The van der Waals surface area contributed by atoms with Crippen molar-refractivity contribution < 1.29 is 132 Å². The molecule has 49 heteroatoms. The van der Waals surface area contributed by atoms with E-state index in [0.29, 0.717) is 37.8 Å². The van der Waals surface area contributed by atoms with E-state index < -0.39 is 290 Å². The maximum absolute atomic E-state index is 14.8. The van der Waals surface area contributed by atoms with Crippen molar-refractivity contribution in [2.75, 3.05) is 45.9 Å². The van der Waals surface area contributed by atoms with Crippen LogP contribution in [-0.2, 0) is 102 Å². The number of aliphatic imine (C=N–C) groups is 1. The Labute approximate surface area is 789 Å². The van der Waals surface area contributed by atoms with Crippen molar-refractivity contribution in [2.45, 2.75) is 307 Å². The van der Waals surface area contributed by atoms with Crippen LogP contribution in [-0.4, -0.2) is 325 Å². The number of aliphatic hydroxyl groups excluding tert-OH is 3. The van der Waals surface area contributed by atoms with Gasteiger partial charge in [-0.15, -0.1) is 0 Å². The van der Waals surface area contributed by atoms with Gasteiger partial charge in [-0.3, -0.25) is 96.1 Å². The van der Waals surface area contributed by atoms with Crippen LogP contribution in [0.2, 0.25) is 0 Å². The molecule has 2 heterocycles. The van der Waals surface area contributed by atoms with Gasteiger partial charge >= 0.3 is 23.9 Å². The Hall–Kier alpha value is -12.3. The third-order valence-corrected chi connectivity index (χ3v) is 22.9. The van der Waals surface area contributed by atoms with Gasteiger partial charge in [0.2, 0.25) is 94.5 Å². The van der Waals surface area contributed by atoms with Crippen molar-refractivity contribution >= 4 is 124 Å². The lowest BCUT2D eigenvalue weighted by molar-refractivity contribution is -0.146. The first-order chi connectivity index (χ1) is 64.0. The summed E-state index contributed by atoms with van der Waals surface area (Å²) in [7, 11) is 0. The van der Waals surface area contributed by atoms with E-state index in [9.17, 15) is 132 Å². The number of nitrogens with zero attached hydrogens (tertiary/aromatic N) is 3. The van der Waals surface area contributed by atoms with Crippen LogP contribution in [0.15, 0.2) is 35.3 Å². The van der Waals surface area contributed by atoms with Crippen LogP contribution in [0.1, 0.15) is 197 Å². The Morgan fingerprint density at radius 3 is 1.29 bits per heavy atom. The number of carboxylic acids is 4. The lowest BCUT2D eigenvalue weighted by Gasteiger charge is -2.33. The van der Waals surface area contributed by atoms with E-state index in [-0.39, 0.29) is 109 Å². The first-order valence-corrected chi connectivity index (χ1v) is 45.9. The molecule has 2 saturated heterocycles. The molecule has 31 N–H and O–H groups in total. The van der Waals surface area contributed by atoms with E-state index in [1.807, 2.05) is 0 Å². The van der Waals surface area contributed by atoms with Crippen molar-refractivity contribution in [2.24, 2.45) is 63.3 Å². The van der Waals surface area contributed by atoms with Crippen molar-refractivity contribution in [3.8, 4) is 0 Å². The van der Waals surface area contributed by atoms with Gasteiger partial charge in [0.05, 0.1) is 38.2 Å². The quantitative estimate of drug-likeness (QED) is 0.0164. The van der Waals surface area contributed by atoms with Gasteiger partial charge in [0.25, 0.3) is 0 Å². The maximum atomic E-state index is 14.8. The molecule has 1 aromatic carbocycles. The molecule has 0 aromatic heterocycles. The van der Waals surface area contributed by atoms with Crippen LogP contribution in [0.5, 0.6) is 0 Å². The second kappa shape index (κ2) is 59.5. The number of unbranched alkanes of at least 4 members (excludes halogenated alkanes) is 2. The smallest absolute Gasteiger partial charge is 0.326 e. The van der Waals surface area contributed by atoms with Crippen LogP contribution in [0.4, 0.5) is 0 Å². The molecule has 0 unspecified atom stereocenters. The number of carbonyl (C=O) groups is 20. The third-order valence-electron chi connectivity index (χ3n) is 22.9. The van der Waals surface area contributed by atoms with Crippen molar-refractivity contribution in [3.05, 3.63) is 35.9 Å². The second-order valence-electron chi connectivity index (χ2n) is 35.5. The summed E-state index contributed by atoms with van der Waals surface area (Å²) in [6.45, 7) is 14.8. The van der Waals surface area contributed by atoms with Gasteiger partial charge in [-0.05, 0) is 139 Å². The number of likely N-dealkylation sites (tertiary alicyclic amines) is 2. The fourth-order valence-electron chi connectivity index (χ4n) is 15.0. The van der Waals surface area contributed by atoms with Gasteiger partial charge in [0.1, 0.15) is 96.7 Å². The second-order valence-corrected chi connectivity index (χ2v) is 35.5. The molecular weight excluding hydrogens is 1790 g/mol. The lowest BCUT2D eigenvalue weighted by Crippen LogP contribution is -2.63. The largest absolute Gasteiger partial charge is 0.481 e. The number of aliphatic carboxylic acids is 4. The predicted octanol–water partition coefficient (Wildman–Crippen LogP) is -7.04. The molecule has 0 spiro atoms. The number of nitrogens with one attached hydrogen (secondary N) is 14. The number of hydrogen-bond acceptors (Lipinski definition) is 27. The monoisotopic (exact) mass is 1930 g/mol. The molecule has 2 fully saturated rings. The van der Waals surface area contributed by atoms with Gasteiger partial charge in [-0.1, -0.05) is 112 Å². The number of amides is 16. The van der Waals surface area contributed by atoms with Crippen LogP contribution in [0.25, 0.3) is 0 Å². The van der Waals surface area contributed by atoms with E-state index in [0.717, 1.165) is 16.7 Å². The molecule has 1 aromatic rings. The summed E-state index contributed by atoms with van der Waals surface area (Å²) >= 11 is 0. The summed E-state index contributed by atoms with van der Waals surface area (Å²) in [6, 6.07) is -19.1. The average Bonchev–Trinajstić information content (AvgIpc) is 1.68. The molecule has 3 rings (SSSR count). The number of guanidine groups is 1. The van der Waals surface area contributed by atoms with E-state index >= 15 is 0 Å². The molecule has 2 aliphatic heterocycles. The molecule has 49 nitrogen and oxygen atoms in total. The molecular formula is C87H144N22O27. The summed E-state index contributed by atoms with van der Waals surface area (Å²) in [5.74, 6) is -26.6. The van der Waals surface area contributed by atoms with Gasteiger partial charge in [-0.25, -0.2) is 4.79 Å². The van der Waals surface area contributed by atoms with Gasteiger partial charge in [0, 0.05) is 32.5 Å². The van der Waals surface area contributed by atoms with Crippen LogP contribution in [0.3, 0.4) is 0 Å². The summed E-state index contributed by atoms with van der Waals surface area (Å²) in [5.41, 5.74) is 28.6. The number of benzene rings is 1. The molecule has 19 atom stereocenters. The van der Waals surface area contributed by atoms with Crippen molar-refractivity contribution in [1.29, 1.82) is 0 Å². The zero-order valence-electron chi connectivity index (χ0n) is 79.1. The number of carbonyl (C=O) groups excluding carboxylic acids is 16. The molecule has 764 valence electrons. The van der Waals surface area contributed by atoms with Crippen LogP contribution < -0.4 is 103 Å². The number of aliphatic hydroxyl groups is 3. The molecule has 0 aliphatic carbocycles. The highest BCUT2D eigenvalue weighted by Gasteiger charge is 2.46. The average molecular weight is 1930 g/mol. The molecule has 0 radical (unpaired) electrons. The van der Waals surface area contributed by atoms with Crippen molar-refractivity contribution in [1.82, 2.24) is 84.2 Å². The fourth-order valence-corrected chi connectivity index (χ4v) is 15.0. The number of rotatable bonds is 62. The molecule has 0 bridgehead atoms. The zero-order valence-corrected chi connectivity index (χ0v) is 79.1. The van der Waals surface area contributed by atoms with Gasteiger partial charge < -0.3 is 149 Å². The van der Waals surface area contributed by atoms with E-state index in [4.69, 9.17) is 28.7 Å². The predicted molar refractivity (Wildman–Crippen MR) is 489 cm³/mol. The molecule has 16 amide bonds. The Kier molecular flexibility index (Phi) is 51.5. The molecule has 0 saturated carbocycles. The minimum absolute atomic E-state index is 0.00549.